The third-order valence-corrected chi connectivity index (χ3v) is 11.1. The molecule has 0 spiro atoms. The Hall–Kier alpha value is -2.37. The van der Waals surface area contributed by atoms with Gasteiger partial charge >= 0.3 is 17.9 Å². The minimum absolute atomic E-state index is 0.0769. The fourth-order valence-electron chi connectivity index (χ4n) is 7.24. The summed E-state index contributed by atoms with van der Waals surface area (Å²) in [7, 11) is 0. The van der Waals surface area contributed by atoms with Crippen molar-refractivity contribution in [2.75, 3.05) is 13.2 Å². The van der Waals surface area contributed by atoms with E-state index in [2.05, 4.69) is 57.2 Å². The molecule has 0 radical (unpaired) electrons. The maximum atomic E-state index is 12.7. The van der Waals surface area contributed by atoms with Gasteiger partial charge in [-0.15, -0.1) is 0 Å². The lowest BCUT2D eigenvalue weighted by molar-refractivity contribution is -0.167. The molecule has 0 saturated carbocycles. The van der Waals surface area contributed by atoms with Crippen molar-refractivity contribution in [3.63, 3.8) is 0 Å². The molecule has 0 bridgehead atoms. The van der Waals surface area contributed by atoms with Crippen molar-refractivity contribution in [1.82, 2.24) is 0 Å². The van der Waals surface area contributed by atoms with Crippen LogP contribution in [-0.4, -0.2) is 37.2 Å². The van der Waals surface area contributed by atoms with E-state index in [1.807, 2.05) is 0 Å². The van der Waals surface area contributed by atoms with Crippen LogP contribution in [0.15, 0.2) is 36.5 Å². The molecule has 0 saturated heterocycles. The van der Waals surface area contributed by atoms with E-state index in [1.165, 1.54) is 135 Å². The molecule has 0 aliphatic carbocycles. The van der Waals surface area contributed by atoms with E-state index in [0.29, 0.717) is 19.3 Å². The SMILES string of the molecule is CCC/C=C\C/C=C\CCCCCCCC(=O)OC(COC(=O)CCCCCCCCC/C=C\CCCCCCCCC)COC(=O)CCCCCCCCCCCC. The normalized spacial score (nSPS) is 12.3. The van der Waals surface area contributed by atoms with E-state index >= 15 is 0 Å². The van der Waals surface area contributed by atoms with Gasteiger partial charge < -0.3 is 14.2 Å². The Morgan fingerprint density at radius 2 is 0.644 bits per heavy atom. The molecule has 0 heterocycles. The Morgan fingerprint density at radius 3 is 1.02 bits per heavy atom. The first kappa shape index (κ1) is 56.6. The van der Waals surface area contributed by atoms with E-state index in [4.69, 9.17) is 14.2 Å². The molecule has 0 aromatic rings. The number of allylic oxidation sites excluding steroid dienone is 6. The molecule has 6 heteroatoms. The summed E-state index contributed by atoms with van der Waals surface area (Å²) >= 11 is 0. The second-order valence-corrected chi connectivity index (χ2v) is 17.1. The van der Waals surface area contributed by atoms with Crippen LogP contribution in [0.4, 0.5) is 0 Å². The van der Waals surface area contributed by atoms with Crippen molar-refractivity contribution in [1.29, 1.82) is 0 Å². The number of carbonyl (C=O) groups is 3. The molecular weight excluding hydrogens is 733 g/mol. The van der Waals surface area contributed by atoms with Crippen molar-refractivity contribution < 1.29 is 28.6 Å². The Morgan fingerprint density at radius 1 is 0.339 bits per heavy atom. The van der Waals surface area contributed by atoms with Crippen molar-refractivity contribution in [3.8, 4) is 0 Å². The summed E-state index contributed by atoms with van der Waals surface area (Å²) < 4.78 is 16.8. The molecule has 0 amide bonds. The highest BCUT2D eigenvalue weighted by molar-refractivity contribution is 5.71. The van der Waals surface area contributed by atoms with Gasteiger partial charge in [-0.2, -0.15) is 0 Å². The first-order valence-electron chi connectivity index (χ1n) is 25.5. The molecule has 0 aliphatic rings. The number of unbranched alkanes of at least 4 members (excludes halogenated alkanes) is 29. The number of hydrogen-bond acceptors (Lipinski definition) is 6. The summed E-state index contributed by atoms with van der Waals surface area (Å²) in [4.78, 5) is 37.9. The van der Waals surface area contributed by atoms with E-state index in [9.17, 15) is 14.4 Å². The van der Waals surface area contributed by atoms with Gasteiger partial charge in [0, 0.05) is 19.3 Å². The number of hydrogen-bond donors (Lipinski definition) is 0. The van der Waals surface area contributed by atoms with Gasteiger partial charge in [-0.25, -0.2) is 0 Å². The topological polar surface area (TPSA) is 78.9 Å². The molecule has 0 aliphatic heterocycles. The van der Waals surface area contributed by atoms with Gasteiger partial charge in [0.25, 0.3) is 0 Å². The number of esters is 3. The van der Waals surface area contributed by atoms with Gasteiger partial charge in [-0.3, -0.25) is 14.4 Å². The Balaban J connectivity index is 4.32. The summed E-state index contributed by atoms with van der Waals surface area (Å²) in [6.45, 7) is 6.56. The molecular formula is C53H96O6. The monoisotopic (exact) mass is 829 g/mol. The van der Waals surface area contributed by atoms with E-state index in [1.54, 1.807) is 0 Å². The van der Waals surface area contributed by atoms with Crippen molar-refractivity contribution in [2.24, 2.45) is 0 Å². The maximum Gasteiger partial charge on any atom is 0.306 e. The summed E-state index contributed by atoms with van der Waals surface area (Å²) in [5.74, 6) is -0.890. The first-order valence-corrected chi connectivity index (χ1v) is 25.5. The largest absolute Gasteiger partial charge is 0.462 e. The highest BCUT2D eigenvalue weighted by Crippen LogP contribution is 2.15. The highest BCUT2D eigenvalue weighted by Gasteiger charge is 2.19. The van der Waals surface area contributed by atoms with E-state index < -0.39 is 6.10 Å². The van der Waals surface area contributed by atoms with Crippen LogP contribution in [0.25, 0.3) is 0 Å². The Kier molecular flexibility index (Phi) is 46.4. The van der Waals surface area contributed by atoms with Gasteiger partial charge in [0.15, 0.2) is 6.10 Å². The van der Waals surface area contributed by atoms with Crippen LogP contribution in [0.1, 0.15) is 265 Å². The Bertz CT molecular complexity index is 1000. The average molecular weight is 829 g/mol. The smallest absolute Gasteiger partial charge is 0.306 e. The zero-order valence-electron chi connectivity index (χ0n) is 39.3. The van der Waals surface area contributed by atoms with Crippen LogP contribution in [0.5, 0.6) is 0 Å². The van der Waals surface area contributed by atoms with Gasteiger partial charge in [0.1, 0.15) is 13.2 Å². The predicted molar refractivity (Wildman–Crippen MR) is 252 cm³/mol. The summed E-state index contributed by atoms with van der Waals surface area (Å²) in [5.41, 5.74) is 0. The maximum absolute atomic E-state index is 12.7. The van der Waals surface area contributed by atoms with Gasteiger partial charge in [0.05, 0.1) is 0 Å². The number of rotatable bonds is 46. The standard InChI is InChI=1S/C53H96O6/c1-4-7-10-13-16-19-22-24-25-26-27-28-30-31-34-37-40-43-46-52(55)58-49-50(48-57-51(54)45-42-39-36-33-21-18-15-12-9-6-3)59-53(56)47-44-41-38-35-32-29-23-20-17-14-11-8-5-2/h11,14,20,23,25-26,50H,4-10,12-13,15-19,21-22,24,27-49H2,1-3H3/b14-11-,23-20-,26-25-. The number of carbonyl (C=O) groups excluding carboxylic acids is 3. The second-order valence-electron chi connectivity index (χ2n) is 17.1. The van der Waals surface area contributed by atoms with Crippen LogP contribution >= 0.6 is 0 Å². The fourth-order valence-corrected chi connectivity index (χ4v) is 7.24. The molecule has 1 atom stereocenters. The van der Waals surface area contributed by atoms with Crippen LogP contribution in [0.2, 0.25) is 0 Å². The molecule has 59 heavy (non-hydrogen) atoms. The Labute approximate surface area is 365 Å². The van der Waals surface area contributed by atoms with E-state index in [-0.39, 0.29) is 31.1 Å². The van der Waals surface area contributed by atoms with E-state index in [0.717, 1.165) is 89.9 Å². The summed E-state index contributed by atoms with van der Waals surface area (Å²) in [6, 6.07) is 0. The molecule has 0 N–H and O–H groups in total. The lowest BCUT2D eigenvalue weighted by Gasteiger charge is -2.18. The van der Waals surface area contributed by atoms with Gasteiger partial charge in [0.2, 0.25) is 0 Å². The van der Waals surface area contributed by atoms with Gasteiger partial charge in [-0.05, 0) is 70.6 Å². The van der Waals surface area contributed by atoms with Crippen molar-refractivity contribution >= 4 is 17.9 Å². The minimum Gasteiger partial charge on any atom is -0.462 e. The van der Waals surface area contributed by atoms with Crippen LogP contribution < -0.4 is 0 Å². The average Bonchev–Trinajstić information content (AvgIpc) is 3.23. The second kappa shape index (κ2) is 48.3. The third-order valence-electron chi connectivity index (χ3n) is 11.1. The molecule has 0 aromatic heterocycles. The van der Waals surface area contributed by atoms with Crippen molar-refractivity contribution in [2.45, 2.75) is 271 Å². The molecule has 6 nitrogen and oxygen atoms in total. The quantitative estimate of drug-likeness (QED) is 0.0263. The lowest BCUT2D eigenvalue weighted by atomic mass is 10.1. The molecule has 1 unspecified atom stereocenters. The number of ether oxygens (including phenoxy) is 3. The molecule has 0 aromatic carbocycles. The minimum atomic E-state index is -0.776. The van der Waals surface area contributed by atoms with Crippen LogP contribution in [0.3, 0.4) is 0 Å². The zero-order chi connectivity index (χ0) is 43.0. The molecule has 0 fully saturated rings. The van der Waals surface area contributed by atoms with Crippen LogP contribution in [0, 0.1) is 0 Å². The first-order chi connectivity index (χ1) is 29.0. The highest BCUT2D eigenvalue weighted by atomic mass is 16.6. The molecule has 0 rings (SSSR count). The lowest BCUT2D eigenvalue weighted by Crippen LogP contribution is -2.30. The summed E-state index contributed by atoms with van der Waals surface area (Å²) in [5, 5.41) is 0. The van der Waals surface area contributed by atoms with Crippen molar-refractivity contribution in [3.05, 3.63) is 36.5 Å². The zero-order valence-corrected chi connectivity index (χ0v) is 39.3. The van der Waals surface area contributed by atoms with Crippen LogP contribution in [-0.2, 0) is 28.6 Å². The molecule has 344 valence electrons. The summed E-state index contributed by atoms with van der Waals surface area (Å²) in [6.07, 6.45) is 55.6. The predicted octanol–water partition coefficient (Wildman–Crippen LogP) is 16.5. The third kappa shape index (κ3) is 46.5. The van der Waals surface area contributed by atoms with Gasteiger partial charge in [-0.1, -0.05) is 211 Å². The fraction of sp³-hybridized carbons (Fsp3) is 0.830.